The van der Waals surface area contributed by atoms with Gasteiger partial charge in [0.25, 0.3) is 5.69 Å². The van der Waals surface area contributed by atoms with Crippen LogP contribution in [-0.4, -0.2) is 30.0 Å². The van der Waals surface area contributed by atoms with Gasteiger partial charge >= 0.3 is 0 Å². The van der Waals surface area contributed by atoms with E-state index in [1.54, 1.807) is 29.6 Å². The van der Waals surface area contributed by atoms with Crippen LogP contribution in [-0.2, 0) is 14.6 Å². The highest BCUT2D eigenvalue weighted by atomic mass is 32.2. The van der Waals surface area contributed by atoms with E-state index in [0.717, 1.165) is 5.56 Å². The number of aryl methyl sites for hydroxylation is 1. The first-order valence-corrected chi connectivity index (χ1v) is 11.9. The van der Waals surface area contributed by atoms with Gasteiger partial charge < -0.3 is 5.32 Å². The molecule has 0 aliphatic rings. The number of thiazole rings is 1. The Morgan fingerprint density at radius 2 is 1.93 bits per heavy atom. The van der Waals surface area contributed by atoms with Crippen LogP contribution in [0.15, 0.2) is 46.0 Å². The number of nitrogens with zero attached hydrogens (tertiary/aromatic N) is 2. The zero-order valence-electron chi connectivity index (χ0n) is 15.3. The number of thiophene rings is 1. The molecule has 0 bridgehead atoms. The van der Waals surface area contributed by atoms with Crippen molar-refractivity contribution in [1.82, 2.24) is 4.98 Å². The second kappa shape index (κ2) is 8.80. The molecule has 3 aromatic rings. The molecule has 0 aliphatic heterocycles. The van der Waals surface area contributed by atoms with E-state index in [1.165, 1.54) is 34.1 Å². The number of nitro groups is 1. The number of hydrogen-bond acceptors (Lipinski definition) is 8. The fourth-order valence-electron chi connectivity index (χ4n) is 2.47. The second-order valence-corrected chi connectivity index (χ2v) is 10.1. The van der Waals surface area contributed by atoms with Crippen molar-refractivity contribution < 1.29 is 18.1 Å². The Balaban J connectivity index is 1.52. The summed E-state index contributed by atoms with van der Waals surface area (Å²) in [5, 5.41) is 16.9. The summed E-state index contributed by atoms with van der Waals surface area (Å²) < 4.78 is 24.6. The van der Waals surface area contributed by atoms with Crippen molar-refractivity contribution in [3.8, 4) is 10.6 Å². The molecular formula is C18H17N3O5S3. The molecule has 11 heteroatoms. The number of benzene rings is 1. The summed E-state index contributed by atoms with van der Waals surface area (Å²) in [7, 11) is -3.43. The van der Waals surface area contributed by atoms with Gasteiger partial charge in [0.2, 0.25) is 5.91 Å². The molecule has 2 aromatic heterocycles. The molecule has 0 atom stereocenters. The van der Waals surface area contributed by atoms with Gasteiger partial charge in [-0.15, -0.1) is 22.7 Å². The van der Waals surface area contributed by atoms with Crippen LogP contribution in [0.3, 0.4) is 0 Å². The van der Waals surface area contributed by atoms with Gasteiger partial charge in [0, 0.05) is 17.9 Å². The highest BCUT2D eigenvalue weighted by Crippen LogP contribution is 2.32. The Bertz CT molecular complexity index is 1130. The Kier molecular flexibility index (Phi) is 6.40. The van der Waals surface area contributed by atoms with Crippen LogP contribution >= 0.6 is 22.7 Å². The van der Waals surface area contributed by atoms with Crippen molar-refractivity contribution in [3.63, 3.8) is 0 Å². The first-order valence-electron chi connectivity index (χ1n) is 8.53. The molecule has 1 amide bonds. The van der Waals surface area contributed by atoms with Gasteiger partial charge in [-0.05, 0) is 25.5 Å². The van der Waals surface area contributed by atoms with Crippen LogP contribution in [0.2, 0.25) is 0 Å². The average Bonchev–Trinajstić information content (AvgIpc) is 3.31. The Labute approximate surface area is 175 Å². The predicted molar refractivity (Wildman–Crippen MR) is 113 cm³/mol. The van der Waals surface area contributed by atoms with E-state index in [1.807, 2.05) is 6.92 Å². The Morgan fingerprint density at radius 3 is 2.59 bits per heavy atom. The molecule has 0 saturated carbocycles. The van der Waals surface area contributed by atoms with Gasteiger partial charge in [-0.1, -0.05) is 17.7 Å². The molecule has 1 aromatic carbocycles. The predicted octanol–water partition coefficient (Wildman–Crippen LogP) is 4.28. The first kappa shape index (κ1) is 21.1. The van der Waals surface area contributed by atoms with Crippen LogP contribution in [0.1, 0.15) is 18.4 Å². The summed E-state index contributed by atoms with van der Waals surface area (Å²) in [5.41, 5.74) is 1.52. The van der Waals surface area contributed by atoms with Crippen LogP contribution in [0, 0.1) is 17.0 Å². The molecule has 1 N–H and O–H groups in total. The number of rotatable bonds is 8. The standard InChI is InChI=1S/C18H17N3O5S3/c1-12-4-6-14(7-5-12)29(25,26)8-2-3-17(22)20-18-19-15(11-28-18)16-9-13(10-27-16)21(23)24/h4-7,9-11H,2-3,8H2,1H3,(H,19,20,22). The van der Waals surface area contributed by atoms with Gasteiger partial charge in [-0.2, -0.15) is 0 Å². The quantitative estimate of drug-likeness (QED) is 0.403. The lowest BCUT2D eigenvalue weighted by Crippen LogP contribution is -2.14. The highest BCUT2D eigenvalue weighted by molar-refractivity contribution is 7.91. The van der Waals surface area contributed by atoms with Crippen LogP contribution < -0.4 is 5.32 Å². The number of amides is 1. The van der Waals surface area contributed by atoms with Crippen molar-refractivity contribution >= 4 is 49.2 Å². The lowest BCUT2D eigenvalue weighted by atomic mass is 10.2. The molecule has 0 fully saturated rings. The van der Waals surface area contributed by atoms with E-state index in [9.17, 15) is 23.3 Å². The molecule has 152 valence electrons. The van der Waals surface area contributed by atoms with E-state index in [-0.39, 0.29) is 35.1 Å². The summed E-state index contributed by atoms with van der Waals surface area (Å²) in [5.74, 6) is -0.451. The third-order valence-corrected chi connectivity index (χ3v) is 7.51. The fraction of sp³-hybridized carbons (Fsp3) is 0.222. The molecule has 0 radical (unpaired) electrons. The molecule has 0 aliphatic carbocycles. The molecule has 3 rings (SSSR count). The van der Waals surface area contributed by atoms with Crippen LogP contribution in [0.25, 0.3) is 10.6 Å². The zero-order chi connectivity index (χ0) is 21.0. The summed E-state index contributed by atoms with van der Waals surface area (Å²) in [6.07, 6.45) is 0.238. The molecule has 2 heterocycles. The summed E-state index contributed by atoms with van der Waals surface area (Å²) in [6.45, 7) is 1.88. The topological polar surface area (TPSA) is 119 Å². The minimum absolute atomic E-state index is 0.00151. The van der Waals surface area contributed by atoms with Crippen molar-refractivity contribution in [1.29, 1.82) is 0 Å². The highest BCUT2D eigenvalue weighted by Gasteiger charge is 2.16. The Morgan fingerprint density at radius 1 is 1.21 bits per heavy atom. The third-order valence-electron chi connectivity index (χ3n) is 4.00. The van der Waals surface area contributed by atoms with E-state index in [0.29, 0.717) is 15.7 Å². The lowest BCUT2D eigenvalue weighted by Gasteiger charge is -2.05. The second-order valence-electron chi connectivity index (χ2n) is 6.25. The minimum Gasteiger partial charge on any atom is -0.302 e. The first-order chi connectivity index (χ1) is 13.7. The smallest absolute Gasteiger partial charge is 0.280 e. The molecule has 0 spiro atoms. The number of carbonyl (C=O) groups excluding carboxylic acids is 1. The van der Waals surface area contributed by atoms with Crippen LogP contribution in [0.5, 0.6) is 0 Å². The van der Waals surface area contributed by atoms with Crippen molar-refractivity contribution in [2.45, 2.75) is 24.7 Å². The number of anilines is 1. The van der Waals surface area contributed by atoms with E-state index in [2.05, 4.69) is 10.3 Å². The van der Waals surface area contributed by atoms with Crippen molar-refractivity contribution in [3.05, 3.63) is 56.8 Å². The monoisotopic (exact) mass is 451 g/mol. The van der Waals surface area contributed by atoms with Gasteiger partial charge in [-0.3, -0.25) is 14.9 Å². The van der Waals surface area contributed by atoms with E-state index < -0.39 is 14.8 Å². The molecule has 8 nitrogen and oxygen atoms in total. The molecule has 0 saturated heterocycles. The molecule has 0 unspecified atom stereocenters. The van der Waals surface area contributed by atoms with E-state index in [4.69, 9.17) is 0 Å². The number of aromatic nitrogens is 1. The SMILES string of the molecule is Cc1ccc(S(=O)(=O)CCCC(=O)Nc2nc(-c3cc([N+](=O)[O-])cs3)cs2)cc1. The normalized spacial score (nSPS) is 11.3. The number of carbonyl (C=O) groups is 1. The van der Waals surface area contributed by atoms with Gasteiger partial charge in [0.05, 0.1) is 31.5 Å². The third kappa shape index (κ3) is 5.46. The van der Waals surface area contributed by atoms with Gasteiger partial charge in [0.1, 0.15) is 0 Å². The lowest BCUT2D eigenvalue weighted by molar-refractivity contribution is -0.384. The van der Waals surface area contributed by atoms with Gasteiger partial charge in [0.15, 0.2) is 15.0 Å². The molecule has 29 heavy (non-hydrogen) atoms. The van der Waals surface area contributed by atoms with Gasteiger partial charge in [-0.25, -0.2) is 13.4 Å². The number of nitrogens with one attached hydrogen (secondary N) is 1. The Hall–Kier alpha value is -2.63. The maximum absolute atomic E-state index is 12.3. The van der Waals surface area contributed by atoms with E-state index >= 15 is 0 Å². The molecular weight excluding hydrogens is 434 g/mol. The largest absolute Gasteiger partial charge is 0.302 e. The maximum atomic E-state index is 12.3. The minimum atomic E-state index is -3.43. The van der Waals surface area contributed by atoms with Crippen molar-refractivity contribution in [2.24, 2.45) is 0 Å². The summed E-state index contributed by atoms with van der Waals surface area (Å²) in [4.78, 5) is 27.5. The summed E-state index contributed by atoms with van der Waals surface area (Å²) in [6, 6.07) is 8.04. The number of sulfone groups is 1. The van der Waals surface area contributed by atoms with Crippen LogP contribution in [0.4, 0.5) is 10.8 Å². The zero-order valence-corrected chi connectivity index (χ0v) is 17.8. The summed E-state index contributed by atoms with van der Waals surface area (Å²) >= 11 is 2.40. The maximum Gasteiger partial charge on any atom is 0.280 e. The fourth-order valence-corrected chi connectivity index (χ4v) is 5.40. The average molecular weight is 452 g/mol. The number of hydrogen-bond donors (Lipinski definition) is 1. The van der Waals surface area contributed by atoms with Crippen molar-refractivity contribution in [2.75, 3.05) is 11.1 Å².